The number of nitrogens with zero attached hydrogens (tertiary/aromatic N) is 4. The Labute approximate surface area is 111 Å². The van der Waals surface area contributed by atoms with E-state index in [4.69, 9.17) is 10.3 Å². The molecule has 0 amide bonds. The first-order valence-corrected chi connectivity index (χ1v) is 5.95. The number of ether oxygens (including phenoxy) is 1. The lowest BCUT2D eigenvalue weighted by atomic mass is 10.0. The number of aromatic amines is 1. The van der Waals surface area contributed by atoms with E-state index in [0.29, 0.717) is 19.5 Å². The molecule has 8 heteroatoms. The number of rotatable bonds is 7. The molecule has 104 valence electrons. The second-order valence-corrected chi connectivity index (χ2v) is 4.07. The van der Waals surface area contributed by atoms with E-state index < -0.39 is 6.04 Å². The lowest BCUT2D eigenvalue weighted by Gasteiger charge is -2.16. The van der Waals surface area contributed by atoms with Crippen LogP contribution in [0, 0.1) is 13.8 Å². The van der Waals surface area contributed by atoms with Gasteiger partial charge in [0.1, 0.15) is 6.04 Å². The molecule has 1 atom stereocenters. The van der Waals surface area contributed by atoms with E-state index in [2.05, 4.69) is 25.5 Å². The Kier molecular flexibility index (Phi) is 5.84. The zero-order chi connectivity index (χ0) is 14.3. The maximum Gasteiger partial charge on any atom is 0.327 e. The van der Waals surface area contributed by atoms with Crippen LogP contribution in [0.4, 0.5) is 0 Å². The maximum absolute atomic E-state index is 11.8. The Bertz CT molecular complexity index is 458. The summed E-state index contributed by atoms with van der Waals surface area (Å²) in [5.41, 5.74) is 10.6. The van der Waals surface area contributed by atoms with Gasteiger partial charge in [-0.15, -0.1) is 0 Å². The van der Waals surface area contributed by atoms with Crippen molar-refractivity contribution in [3.63, 3.8) is 0 Å². The van der Waals surface area contributed by atoms with Crippen LogP contribution in [0.1, 0.15) is 29.4 Å². The fraction of sp³-hybridized carbons (Fsp3) is 0.636. The monoisotopic (exact) mass is 266 g/mol. The predicted octanol–water partition coefficient (Wildman–Crippen LogP) is 1.53. The van der Waals surface area contributed by atoms with Crippen LogP contribution < -0.4 is 5.32 Å². The first-order valence-electron chi connectivity index (χ1n) is 5.95. The highest BCUT2D eigenvalue weighted by molar-refractivity contribution is 5.78. The largest absolute Gasteiger partial charge is 0.468 e. The molecule has 1 rings (SSSR count). The van der Waals surface area contributed by atoms with Crippen molar-refractivity contribution in [3.05, 3.63) is 27.4 Å². The number of carbonyl (C=O) groups is 1. The Hall–Kier alpha value is -2.05. The molecular weight excluding hydrogens is 248 g/mol. The minimum Gasteiger partial charge on any atom is -0.468 e. The van der Waals surface area contributed by atoms with E-state index in [0.717, 1.165) is 17.0 Å². The van der Waals surface area contributed by atoms with Gasteiger partial charge in [-0.1, -0.05) is 5.11 Å². The molecule has 2 N–H and O–H groups in total. The molecule has 0 aliphatic heterocycles. The molecule has 1 aromatic heterocycles. The SMILES string of the molecule is COC(=O)C(NCCCN=[N+]=[N-])c1c(C)n[nH]c1C. The minimum atomic E-state index is -0.560. The summed E-state index contributed by atoms with van der Waals surface area (Å²) in [7, 11) is 1.35. The van der Waals surface area contributed by atoms with Crippen molar-refractivity contribution in [1.82, 2.24) is 15.5 Å². The topological polar surface area (TPSA) is 116 Å². The molecule has 0 saturated carbocycles. The highest BCUT2D eigenvalue weighted by Gasteiger charge is 2.25. The van der Waals surface area contributed by atoms with Gasteiger partial charge in [-0.25, -0.2) is 4.79 Å². The first-order chi connectivity index (χ1) is 9.11. The summed E-state index contributed by atoms with van der Waals surface area (Å²) in [5.74, 6) is -0.364. The summed E-state index contributed by atoms with van der Waals surface area (Å²) >= 11 is 0. The molecule has 0 saturated heterocycles. The van der Waals surface area contributed by atoms with Crippen molar-refractivity contribution >= 4 is 5.97 Å². The third-order valence-corrected chi connectivity index (χ3v) is 2.76. The van der Waals surface area contributed by atoms with Crippen LogP contribution in [0.25, 0.3) is 10.4 Å². The van der Waals surface area contributed by atoms with Crippen molar-refractivity contribution in [2.45, 2.75) is 26.3 Å². The molecular formula is C11H18N6O2. The molecule has 19 heavy (non-hydrogen) atoms. The van der Waals surface area contributed by atoms with Gasteiger partial charge in [0.05, 0.1) is 12.8 Å². The van der Waals surface area contributed by atoms with Crippen LogP contribution in [0.2, 0.25) is 0 Å². The lowest BCUT2D eigenvalue weighted by molar-refractivity contribution is -0.143. The fourth-order valence-corrected chi connectivity index (χ4v) is 1.85. The van der Waals surface area contributed by atoms with Crippen molar-refractivity contribution in [3.8, 4) is 0 Å². The summed E-state index contributed by atoms with van der Waals surface area (Å²) in [4.78, 5) is 14.5. The molecule has 8 nitrogen and oxygen atoms in total. The fourth-order valence-electron chi connectivity index (χ4n) is 1.85. The first kappa shape index (κ1) is 15.0. The lowest BCUT2D eigenvalue weighted by Crippen LogP contribution is -2.31. The molecule has 0 radical (unpaired) electrons. The molecule has 1 aromatic rings. The van der Waals surface area contributed by atoms with Crippen molar-refractivity contribution in [2.75, 3.05) is 20.2 Å². The van der Waals surface area contributed by atoms with Gasteiger partial charge in [0.15, 0.2) is 0 Å². The maximum atomic E-state index is 11.8. The van der Waals surface area contributed by atoms with E-state index in [1.807, 2.05) is 13.8 Å². The molecule has 0 aliphatic carbocycles. The van der Waals surface area contributed by atoms with E-state index >= 15 is 0 Å². The van der Waals surface area contributed by atoms with Crippen LogP contribution in [0.15, 0.2) is 5.11 Å². The number of esters is 1. The molecule has 1 heterocycles. The summed E-state index contributed by atoms with van der Waals surface area (Å²) in [6.45, 7) is 4.62. The zero-order valence-corrected chi connectivity index (χ0v) is 11.3. The molecule has 1 unspecified atom stereocenters. The number of H-pyrrole nitrogens is 1. The zero-order valence-electron chi connectivity index (χ0n) is 11.3. The van der Waals surface area contributed by atoms with Gasteiger partial charge in [-0.2, -0.15) is 5.10 Å². The molecule has 0 spiro atoms. The Morgan fingerprint density at radius 2 is 2.37 bits per heavy atom. The van der Waals surface area contributed by atoms with Crippen LogP contribution >= 0.6 is 0 Å². The van der Waals surface area contributed by atoms with E-state index in [1.54, 1.807) is 0 Å². The van der Waals surface area contributed by atoms with Gasteiger partial charge in [0.25, 0.3) is 0 Å². The number of aromatic nitrogens is 2. The van der Waals surface area contributed by atoms with Crippen LogP contribution in [-0.2, 0) is 9.53 Å². The van der Waals surface area contributed by atoms with Gasteiger partial charge in [-0.05, 0) is 32.3 Å². The molecule has 0 bridgehead atoms. The van der Waals surface area contributed by atoms with Crippen LogP contribution in [0.3, 0.4) is 0 Å². The normalized spacial score (nSPS) is 11.7. The van der Waals surface area contributed by atoms with Crippen molar-refractivity contribution in [2.24, 2.45) is 5.11 Å². The smallest absolute Gasteiger partial charge is 0.327 e. The highest BCUT2D eigenvalue weighted by Crippen LogP contribution is 2.20. The number of nitrogens with one attached hydrogen (secondary N) is 2. The minimum absolute atomic E-state index is 0.364. The second-order valence-electron chi connectivity index (χ2n) is 4.07. The van der Waals surface area contributed by atoms with Crippen molar-refractivity contribution < 1.29 is 9.53 Å². The molecule has 0 fully saturated rings. The van der Waals surface area contributed by atoms with Crippen molar-refractivity contribution in [1.29, 1.82) is 0 Å². The standard InChI is InChI=1S/C11H18N6O2/c1-7-9(8(2)16-15-7)10(11(18)19-3)13-5-4-6-14-17-12/h10,13H,4-6H2,1-3H3,(H,15,16). The second kappa shape index (κ2) is 7.40. The Morgan fingerprint density at radius 3 is 2.89 bits per heavy atom. The highest BCUT2D eigenvalue weighted by atomic mass is 16.5. The van der Waals surface area contributed by atoms with E-state index in [1.165, 1.54) is 7.11 Å². The van der Waals surface area contributed by atoms with E-state index in [-0.39, 0.29) is 5.97 Å². The Balaban J connectivity index is 2.73. The average molecular weight is 266 g/mol. The summed E-state index contributed by atoms with van der Waals surface area (Å²) in [5, 5.41) is 13.4. The number of methoxy groups -OCH3 is 1. The predicted molar refractivity (Wildman–Crippen MR) is 69.5 cm³/mol. The van der Waals surface area contributed by atoms with Gasteiger partial charge >= 0.3 is 5.97 Å². The average Bonchev–Trinajstić information content (AvgIpc) is 2.73. The summed E-state index contributed by atoms with van der Waals surface area (Å²) in [6, 6.07) is -0.560. The summed E-state index contributed by atoms with van der Waals surface area (Å²) in [6.07, 6.45) is 0.646. The van der Waals surface area contributed by atoms with Gasteiger partial charge in [0.2, 0.25) is 0 Å². The van der Waals surface area contributed by atoms with Crippen LogP contribution in [0.5, 0.6) is 0 Å². The Morgan fingerprint density at radius 1 is 1.63 bits per heavy atom. The van der Waals surface area contributed by atoms with Gasteiger partial charge in [0, 0.05) is 22.7 Å². The van der Waals surface area contributed by atoms with E-state index in [9.17, 15) is 4.79 Å². The van der Waals surface area contributed by atoms with Gasteiger partial charge < -0.3 is 10.1 Å². The molecule has 0 aliphatic rings. The molecule has 0 aromatic carbocycles. The number of carbonyl (C=O) groups excluding carboxylic acids is 1. The van der Waals surface area contributed by atoms with Gasteiger partial charge in [-0.3, -0.25) is 5.10 Å². The third kappa shape index (κ3) is 3.97. The number of hydrogen-bond acceptors (Lipinski definition) is 5. The van der Waals surface area contributed by atoms with Crippen LogP contribution in [-0.4, -0.2) is 36.4 Å². The number of hydrogen-bond donors (Lipinski definition) is 2. The number of azide groups is 1. The quantitative estimate of drug-likeness (QED) is 0.256. The summed E-state index contributed by atoms with van der Waals surface area (Å²) < 4.78 is 4.80. The number of aryl methyl sites for hydroxylation is 2. The third-order valence-electron chi connectivity index (χ3n) is 2.76.